The fourth-order valence-electron chi connectivity index (χ4n) is 16.8. The summed E-state index contributed by atoms with van der Waals surface area (Å²) >= 11 is 0.666. The van der Waals surface area contributed by atoms with Gasteiger partial charge < -0.3 is 108 Å². The second-order valence-corrected chi connectivity index (χ2v) is 36.5. The highest BCUT2D eigenvalue weighted by atomic mass is 32.2. The number of nitrogens with two attached hydrogens (primary N) is 1. The number of rotatable bonds is 24. The van der Waals surface area contributed by atoms with Crippen molar-refractivity contribution in [3.63, 3.8) is 0 Å². The molecule has 41 heteroatoms. The predicted molar refractivity (Wildman–Crippen MR) is 501 cm³/mol. The number of primary amides is 1. The Hall–Kier alpha value is -14.0. The van der Waals surface area contributed by atoms with Crippen LogP contribution in [0.4, 0.5) is 13.2 Å². The van der Waals surface area contributed by atoms with Crippen LogP contribution >= 0.6 is 11.8 Å². The molecule has 15 amide bonds. The summed E-state index contributed by atoms with van der Waals surface area (Å²) in [5.74, 6) is -22.9. The lowest BCUT2D eigenvalue weighted by atomic mass is 9.98. The number of carbonyl (C=O) groups is 16. The van der Waals surface area contributed by atoms with Gasteiger partial charge in [-0.25, -0.2) is 13.2 Å². The van der Waals surface area contributed by atoms with Gasteiger partial charge in [0.15, 0.2) is 17.5 Å². The van der Waals surface area contributed by atoms with Gasteiger partial charge in [0, 0.05) is 115 Å². The number of H-pyrrole nitrogens is 1. The van der Waals surface area contributed by atoms with Gasteiger partial charge in [-0.1, -0.05) is 151 Å². The molecule has 0 unspecified atom stereocenters. The van der Waals surface area contributed by atoms with E-state index in [1.54, 1.807) is 126 Å². The van der Waals surface area contributed by atoms with Gasteiger partial charge in [-0.15, -0.1) is 11.8 Å². The quantitative estimate of drug-likeness (QED) is 0.0299. The van der Waals surface area contributed by atoms with Crippen molar-refractivity contribution in [2.24, 2.45) is 17.6 Å². The lowest BCUT2D eigenvalue weighted by Gasteiger charge is -2.39. The van der Waals surface area contributed by atoms with Crippen LogP contribution in [0.3, 0.4) is 0 Å². The molecular formula is C97H120F3N17O20S. The van der Waals surface area contributed by atoms with E-state index in [0.29, 0.717) is 69.0 Å². The number of amides is 15. The Bertz CT molecular complexity index is 5470. The number of nitrogens with one attached hydrogen (secondary N) is 11. The molecule has 0 radical (unpaired) electrons. The standard InChI is InChI=1S/C97H120F3N17O20S/c1-9-10-25-76-96(135)117-49-64(121)45-78(117)91(130)110-74(50-137-53-118)89(128)112-84(55(4)5)97(136)114(7)77(42-56-19-13-11-14-20-56)90(129)109-73(40-59-28-32-63(120)33-29-59)94(133)116-35-34-102-47-80(116)92(131)108-71(44-61-46-103-68-24-18-17-23-65(61)68)88(127)107-70(39-58-26-30-62(119)31-27-58)87(126)106-69(36-54(2)3)86(125)111-75(85(124)104-48-81(101)122)51-138-52-82(123)105-72(41-60-37-66(98)83(100)67(99)38-60)93(132)115(8)79(95(134)113(76)6)43-57-21-15-12-16-22-57/h11-24,26-33,37-38,46,53-55,64,69-80,84,102-103,119-121H,9-10,25,34-36,39-45,47-52H2,1-8H3,(H2,101,122)(H,104,124)(H,105,123)(H,106,126)(H,107,127)(H,108,131)(H,109,129)(H,110,130)(H,111,125)(H,112,128)/t64-,69+,70+,71+,72+,73+,74+,75+,76+,77+,78-,79+,80-,84+/m1/s1. The number of phenols is 2. The highest BCUT2D eigenvalue weighted by Gasteiger charge is 2.48. The monoisotopic (exact) mass is 1930 g/mol. The number of piperazine rings is 1. The Morgan fingerprint density at radius 2 is 1.06 bits per heavy atom. The minimum atomic E-state index is -1.89. The number of aromatic hydroxyl groups is 2. The summed E-state index contributed by atoms with van der Waals surface area (Å²) in [6.07, 6.45) is -2.18. The van der Waals surface area contributed by atoms with Crippen molar-refractivity contribution in [3.05, 3.63) is 203 Å². The summed E-state index contributed by atoms with van der Waals surface area (Å²) in [6, 6.07) is 14.7. The van der Waals surface area contributed by atoms with Crippen LogP contribution in [0.1, 0.15) is 100 Å². The fourth-order valence-corrected chi connectivity index (χ4v) is 17.7. The van der Waals surface area contributed by atoms with Crippen LogP contribution in [-0.2, 0) is 120 Å². The number of phenolic OH excluding ortho intramolecular Hbond substituents is 2. The van der Waals surface area contributed by atoms with Crippen LogP contribution in [0.25, 0.3) is 10.9 Å². The average molecular weight is 1930 g/mol. The molecule has 0 bridgehead atoms. The van der Waals surface area contributed by atoms with Gasteiger partial charge in [-0.2, -0.15) is 0 Å². The number of aromatic amines is 1. The lowest BCUT2D eigenvalue weighted by molar-refractivity contribution is -0.152. The third kappa shape index (κ3) is 29.1. The lowest BCUT2D eigenvalue weighted by Crippen LogP contribution is -2.66. The van der Waals surface area contributed by atoms with Crippen molar-refractivity contribution in [2.75, 3.05) is 72.0 Å². The molecule has 16 N–H and O–H groups in total. The minimum Gasteiger partial charge on any atom is -0.508 e. The maximum atomic E-state index is 15.9. The summed E-state index contributed by atoms with van der Waals surface area (Å²) in [5, 5.41) is 60.0. The maximum absolute atomic E-state index is 15.9. The second-order valence-electron chi connectivity index (χ2n) is 35.4. The molecule has 0 aliphatic carbocycles. The number of aromatic nitrogens is 1. The Kier molecular flexibility index (Phi) is 38.6. The normalized spacial score (nSPS) is 23.8. The van der Waals surface area contributed by atoms with Gasteiger partial charge in [0.1, 0.15) is 96.6 Å². The first-order chi connectivity index (χ1) is 65.8. The molecule has 0 saturated carbocycles. The van der Waals surface area contributed by atoms with Crippen LogP contribution in [0.5, 0.6) is 11.5 Å². The number of nitrogens with zero attached hydrogens (tertiary/aromatic N) is 5. The molecule has 14 atom stereocenters. The predicted octanol–water partition coefficient (Wildman–Crippen LogP) is 1.29. The molecule has 10 rings (SSSR count). The Morgan fingerprint density at radius 3 is 1.66 bits per heavy atom. The number of ether oxygens (including phenoxy) is 1. The Morgan fingerprint density at radius 1 is 0.543 bits per heavy atom. The molecular weight excluding hydrogens is 1810 g/mol. The van der Waals surface area contributed by atoms with E-state index in [-0.39, 0.29) is 94.5 Å². The van der Waals surface area contributed by atoms with Crippen molar-refractivity contribution in [1.29, 1.82) is 0 Å². The highest BCUT2D eigenvalue weighted by molar-refractivity contribution is 8.00. The third-order valence-electron chi connectivity index (χ3n) is 24.4. The van der Waals surface area contributed by atoms with Crippen LogP contribution in [0.15, 0.2) is 152 Å². The Balaban J connectivity index is 1.07. The number of hydrogen-bond donors (Lipinski definition) is 15. The topological polar surface area (TPSA) is 521 Å². The van der Waals surface area contributed by atoms with E-state index in [1.807, 2.05) is 0 Å². The number of benzene rings is 6. The molecule has 7 aromatic rings. The van der Waals surface area contributed by atoms with Crippen LogP contribution in [0, 0.1) is 29.3 Å². The maximum Gasteiger partial charge on any atom is 0.293 e. The van der Waals surface area contributed by atoms with Crippen molar-refractivity contribution in [3.8, 4) is 11.5 Å². The average Bonchev–Trinajstić information content (AvgIpc) is 1.53. The number of fused-ring (bicyclic) bond motifs is 3. The zero-order valence-electron chi connectivity index (χ0n) is 77.8. The zero-order valence-corrected chi connectivity index (χ0v) is 78.6. The van der Waals surface area contributed by atoms with E-state index in [9.17, 15) is 43.7 Å². The molecule has 37 nitrogen and oxygen atoms in total. The fraction of sp³-hybridized carbons (Fsp3) is 0.443. The van der Waals surface area contributed by atoms with Crippen LogP contribution in [0.2, 0.25) is 0 Å². The van der Waals surface area contributed by atoms with Crippen molar-refractivity contribution < 1.29 is 110 Å². The number of aliphatic hydroxyl groups excluding tert-OH is 1. The summed E-state index contributed by atoms with van der Waals surface area (Å²) in [5.41, 5.74) is 7.88. The first-order valence-corrected chi connectivity index (χ1v) is 46.7. The van der Waals surface area contributed by atoms with E-state index in [4.69, 9.17) is 10.5 Å². The first-order valence-electron chi connectivity index (χ1n) is 45.5. The molecule has 740 valence electrons. The molecule has 3 fully saturated rings. The molecule has 4 heterocycles. The van der Waals surface area contributed by atoms with E-state index in [0.717, 1.165) is 19.6 Å². The van der Waals surface area contributed by atoms with Gasteiger partial charge >= 0.3 is 0 Å². The van der Waals surface area contributed by atoms with Gasteiger partial charge in [0.05, 0.1) is 18.4 Å². The van der Waals surface area contributed by atoms with E-state index >= 15 is 61.5 Å². The summed E-state index contributed by atoms with van der Waals surface area (Å²) in [4.78, 5) is 247. The third-order valence-corrected chi connectivity index (χ3v) is 25.4. The number of halogens is 3. The zero-order chi connectivity index (χ0) is 100. The van der Waals surface area contributed by atoms with Crippen molar-refractivity contribution in [2.45, 2.75) is 190 Å². The smallest absolute Gasteiger partial charge is 0.293 e. The van der Waals surface area contributed by atoms with E-state index in [1.165, 1.54) is 74.6 Å². The number of likely N-dealkylation sites (N-methyl/N-ethyl adjacent to an activating group) is 3. The minimum absolute atomic E-state index is 0.0200. The summed E-state index contributed by atoms with van der Waals surface area (Å²) in [6.45, 7) is 5.75. The van der Waals surface area contributed by atoms with Gasteiger partial charge in [-0.05, 0) is 101 Å². The second kappa shape index (κ2) is 50.2. The number of unbranched alkanes of at least 4 members (excludes halogenated alkanes) is 1. The van der Waals surface area contributed by atoms with E-state index < -0.39 is 247 Å². The van der Waals surface area contributed by atoms with Crippen molar-refractivity contribution >= 4 is 118 Å². The summed E-state index contributed by atoms with van der Waals surface area (Å²) < 4.78 is 50.3. The van der Waals surface area contributed by atoms with Gasteiger partial charge in [0.2, 0.25) is 88.6 Å². The first kappa shape index (κ1) is 106. The molecule has 6 aromatic carbocycles. The molecule has 0 spiro atoms. The van der Waals surface area contributed by atoms with Crippen LogP contribution in [-0.4, -0.2) is 297 Å². The molecule has 3 aliphatic heterocycles. The molecule has 3 aliphatic rings. The molecule has 3 saturated heterocycles. The number of hydrogen-bond acceptors (Lipinski definition) is 22. The number of carbonyl (C=O) groups excluding carboxylic acids is 16. The van der Waals surface area contributed by atoms with Gasteiger partial charge in [0.25, 0.3) is 6.47 Å². The highest BCUT2D eigenvalue weighted by Crippen LogP contribution is 2.29. The molecule has 1 aromatic heterocycles. The SMILES string of the molecule is CCCC[C@H]1C(=O)N2C[C@H](O)C[C@@H]2C(=O)N[C@@H](COC=O)C(=O)N[C@@H](C(C)C)C(=O)N(C)[C@@H](Cc2ccccc2)C(=O)N[C@@H](Cc2ccc(O)cc2)C(=O)N2CCNC[C@@H]2C(=O)N[C@@H](Cc2c[nH]c3ccccc23)C(=O)N[C@@H](Cc2ccc(O)cc2)C(=O)N[C@@H](CC(C)C)C(=O)N[C@H](C(=O)NCC(N)=O)CSCC(=O)N[C@@H](Cc2cc(F)c(F)c(F)c2)C(=O)N(C)[C@@H](Cc2ccccc2)C(=O)N1C. The number of thioether (sulfide) groups is 1. The van der Waals surface area contributed by atoms with E-state index in [2.05, 4.69) is 58.2 Å². The summed E-state index contributed by atoms with van der Waals surface area (Å²) in [7, 11) is 3.71. The Labute approximate surface area is 799 Å². The number of aliphatic hydroxyl groups is 1. The van der Waals surface area contributed by atoms with Crippen molar-refractivity contribution in [1.82, 2.24) is 82.7 Å². The largest absolute Gasteiger partial charge is 0.508 e. The number of para-hydroxylation sites is 1. The van der Waals surface area contributed by atoms with Gasteiger partial charge in [-0.3, -0.25) is 76.7 Å². The molecule has 138 heavy (non-hydrogen) atoms. The van der Waals surface area contributed by atoms with Crippen LogP contribution < -0.4 is 58.9 Å².